The molecule has 1 aromatic carbocycles. The first kappa shape index (κ1) is 11.4. The Morgan fingerprint density at radius 2 is 2.06 bits per heavy atom. The van der Waals surface area contributed by atoms with Crippen LogP contribution in [0.4, 0.5) is 5.69 Å². The van der Waals surface area contributed by atoms with Crippen molar-refractivity contribution in [2.75, 3.05) is 11.1 Å². The predicted molar refractivity (Wildman–Crippen MR) is 65.9 cm³/mol. The second-order valence-corrected chi connectivity index (χ2v) is 5.41. The van der Waals surface area contributed by atoms with Crippen LogP contribution >= 0.6 is 0 Å². The quantitative estimate of drug-likeness (QED) is 0.800. The van der Waals surface area contributed by atoms with Crippen LogP contribution in [0.15, 0.2) is 30.3 Å². The molecule has 0 radical (unpaired) electrons. The Morgan fingerprint density at radius 3 is 2.75 bits per heavy atom. The summed E-state index contributed by atoms with van der Waals surface area (Å²) in [4.78, 5) is 0. The lowest BCUT2D eigenvalue weighted by Gasteiger charge is -2.32. The predicted octanol–water partition coefficient (Wildman–Crippen LogP) is 2.15. The first-order valence-corrected chi connectivity index (χ1v) is 6.37. The Balaban J connectivity index is 2.47. The summed E-state index contributed by atoms with van der Waals surface area (Å²) in [5.41, 5.74) is 2.64. The highest BCUT2D eigenvalue weighted by Crippen LogP contribution is 2.33. The summed E-state index contributed by atoms with van der Waals surface area (Å²) < 4.78 is 21.7. The average molecular weight is 236 g/mol. The second-order valence-electron chi connectivity index (χ2n) is 4.51. The molecule has 0 aliphatic carbocycles. The van der Waals surface area contributed by atoms with Crippen LogP contribution < -0.4 is 5.32 Å². The van der Waals surface area contributed by atoms with Gasteiger partial charge in [0.1, 0.15) is 0 Å². The number of rotatable bonds is 2. The van der Waals surface area contributed by atoms with Crippen molar-refractivity contribution < 1.29 is 8.76 Å². The monoisotopic (exact) mass is 236 g/mol. The highest BCUT2D eigenvalue weighted by Gasteiger charge is 2.23. The number of benzene rings is 1. The maximum Gasteiger partial charge on any atom is 0.0506 e. The van der Waals surface area contributed by atoms with Gasteiger partial charge in [-0.2, -0.15) is 0 Å². The minimum absolute atomic E-state index is 0.0716. The van der Waals surface area contributed by atoms with Crippen LogP contribution in [0, 0.1) is 0 Å². The highest BCUT2D eigenvalue weighted by molar-refractivity contribution is 7.79. The fourth-order valence-electron chi connectivity index (χ4n) is 2.02. The second kappa shape index (κ2) is 4.03. The van der Waals surface area contributed by atoms with Gasteiger partial charge in [-0.15, -0.1) is 0 Å². The summed E-state index contributed by atoms with van der Waals surface area (Å²) >= 11 is -2.05. The molecule has 0 saturated heterocycles. The van der Waals surface area contributed by atoms with Gasteiger partial charge in [0.15, 0.2) is 0 Å². The van der Waals surface area contributed by atoms with Gasteiger partial charge in [-0.1, -0.05) is 35.4 Å². The van der Waals surface area contributed by atoms with Crippen molar-refractivity contribution in [3.63, 3.8) is 0 Å². The van der Waals surface area contributed by atoms with Crippen molar-refractivity contribution in [3.8, 4) is 0 Å². The molecule has 3 nitrogen and oxygen atoms in total. The van der Waals surface area contributed by atoms with E-state index in [9.17, 15) is 8.76 Å². The van der Waals surface area contributed by atoms with Gasteiger partial charge in [0.05, 0.1) is 5.54 Å². The van der Waals surface area contributed by atoms with Crippen LogP contribution in [0.25, 0.3) is 5.57 Å². The molecule has 0 amide bonds. The SMILES string of the molecule is CC1(C)C=C(CS(=O)[O-])c2ccccc2N1. The largest absolute Gasteiger partial charge is 0.772 e. The fraction of sp³-hybridized carbons (Fsp3) is 0.333. The average Bonchev–Trinajstić information content (AvgIpc) is 2.14. The third-order valence-corrected chi connectivity index (χ3v) is 3.08. The van der Waals surface area contributed by atoms with Gasteiger partial charge in [-0.25, -0.2) is 0 Å². The molecule has 0 spiro atoms. The molecule has 1 aliphatic heterocycles. The summed E-state index contributed by atoms with van der Waals surface area (Å²) in [5, 5.41) is 3.36. The molecule has 0 aromatic heterocycles. The zero-order valence-corrected chi connectivity index (χ0v) is 10.1. The molecule has 0 bridgehead atoms. The van der Waals surface area contributed by atoms with Crippen molar-refractivity contribution in [3.05, 3.63) is 35.9 Å². The number of hydrogen-bond donors (Lipinski definition) is 1. The van der Waals surface area contributed by atoms with E-state index in [0.29, 0.717) is 0 Å². The molecule has 4 heteroatoms. The van der Waals surface area contributed by atoms with Crippen LogP contribution in [-0.2, 0) is 11.1 Å². The van der Waals surface area contributed by atoms with Crippen molar-refractivity contribution >= 4 is 22.3 Å². The molecule has 2 rings (SSSR count). The fourth-order valence-corrected chi connectivity index (χ4v) is 2.51. The van der Waals surface area contributed by atoms with E-state index < -0.39 is 11.1 Å². The molecule has 1 atom stereocenters. The first-order valence-electron chi connectivity index (χ1n) is 5.13. The molecule has 1 N–H and O–H groups in total. The number of hydrogen-bond acceptors (Lipinski definition) is 3. The molecule has 86 valence electrons. The zero-order valence-electron chi connectivity index (χ0n) is 9.32. The van der Waals surface area contributed by atoms with Crippen LogP contribution in [0.2, 0.25) is 0 Å². The van der Waals surface area contributed by atoms with E-state index >= 15 is 0 Å². The summed E-state index contributed by atoms with van der Waals surface area (Å²) in [6.45, 7) is 4.05. The third kappa shape index (κ3) is 2.33. The Bertz CT molecular complexity index is 466. The first-order chi connectivity index (χ1) is 7.48. The molecule has 16 heavy (non-hydrogen) atoms. The van der Waals surface area contributed by atoms with Crippen LogP contribution in [0.1, 0.15) is 19.4 Å². The Kier molecular flexibility index (Phi) is 2.86. The van der Waals surface area contributed by atoms with Gasteiger partial charge in [-0.3, -0.25) is 4.21 Å². The van der Waals surface area contributed by atoms with E-state index in [-0.39, 0.29) is 11.3 Å². The Labute approximate surface area is 97.9 Å². The highest BCUT2D eigenvalue weighted by atomic mass is 32.2. The smallest absolute Gasteiger partial charge is 0.0506 e. The molecule has 0 saturated carbocycles. The zero-order chi connectivity index (χ0) is 11.8. The van der Waals surface area contributed by atoms with Gasteiger partial charge >= 0.3 is 0 Å². The summed E-state index contributed by atoms with van der Waals surface area (Å²) in [6.07, 6.45) is 1.98. The Hall–Kier alpha value is -1.13. The van der Waals surface area contributed by atoms with Crippen LogP contribution in [-0.4, -0.2) is 20.1 Å². The van der Waals surface area contributed by atoms with Crippen LogP contribution in [0.3, 0.4) is 0 Å². The molecule has 1 unspecified atom stereocenters. The van der Waals surface area contributed by atoms with Crippen molar-refractivity contribution in [2.24, 2.45) is 0 Å². The van der Waals surface area contributed by atoms with Crippen molar-refractivity contribution in [1.29, 1.82) is 0 Å². The Morgan fingerprint density at radius 1 is 1.38 bits per heavy atom. The summed E-state index contributed by atoms with van der Waals surface area (Å²) in [5.74, 6) is 0.0716. The number of anilines is 1. The van der Waals surface area contributed by atoms with Gasteiger partial charge in [0, 0.05) is 17.0 Å². The van der Waals surface area contributed by atoms with E-state index in [0.717, 1.165) is 16.8 Å². The topological polar surface area (TPSA) is 52.2 Å². The maximum atomic E-state index is 10.8. The molecule has 1 heterocycles. The lowest BCUT2D eigenvalue weighted by molar-refractivity contribution is 0.540. The van der Waals surface area contributed by atoms with E-state index in [1.54, 1.807) is 0 Å². The van der Waals surface area contributed by atoms with Gasteiger partial charge < -0.3 is 9.87 Å². The lowest BCUT2D eigenvalue weighted by atomic mass is 9.91. The number of fused-ring (bicyclic) bond motifs is 1. The summed E-state index contributed by atoms with van der Waals surface area (Å²) in [7, 11) is 0. The van der Waals surface area contributed by atoms with E-state index in [4.69, 9.17) is 0 Å². The van der Waals surface area contributed by atoms with E-state index in [1.807, 2.05) is 44.2 Å². The summed E-state index contributed by atoms with van der Waals surface area (Å²) in [6, 6.07) is 7.77. The molecule has 0 fully saturated rings. The van der Waals surface area contributed by atoms with Crippen molar-refractivity contribution in [1.82, 2.24) is 0 Å². The molecule has 1 aromatic rings. The minimum atomic E-state index is -2.05. The maximum absolute atomic E-state index is 10.8. The number of nitrogens with one attached hydrogen (secondary N) is 1. The molecular weight excluding hydrogens is 222 g/mol. The lowest BCUT2D eigenvalue weighted by Crippen LogP contribution is -2.32. The number of para-hydroxylation sites is 1. The van der Waals surface area contributed by atoms with Gasteiger partial charge in [-0.05, 0) is 25.5 Å². The van der Waals surface area contributed by atoms with Gasteiger partial charge in [0.2, 0.25) is 0 Å². The van der Waals surface area contributed by atoms with Crippen LogP contribution in [0.5, 0.6) is 0 Å². The minimum Gasteiger partial charge on any atom is -0.772 e. The van der Waals surface area contributed by atoms with Gasteiger partial charge in [0.25, 0.3) is 0 Å². The normalized spacial score (nSPS) is 19.3. The van der Waals surface area contributed by atoms with Crippen molar-refractivity contribution in [2.45, 2.75) is 19.4 Å². The third-order valence-electron chi connectivity index (χ3n) is 2.54. The standard InChI is InChI=1S/C12H15NO2S/c1-12(2)7-9(8-16(14)15)10-5-3-4-6-11(10)13-12/h3-7,13H,8H2,1-2H3,(H,14,15)/p-1. The molecular formula is C12H14NO2S-. The van der Waals surface area contributed by atoms with E-state index in [1.165, 1.54) is 0 Å². The van der Waals surface area contributed by atoms with E-state index in [2.05, 4.69) is 5.32 Å². The molecule has 1 aliphatic rings.